The van der Waals surface area contributed by atoms with Crippen LogP contribution >= 0.6 is 0 Å². The Morgan fingerprint density at radius 3 is 2.45 bits per heavy atom. The Morgan fingerprint density at radius 1 is 1.27 bits per heavy atom. The van der Waals surface area contributed by atoms with Gasteiger partial charge in [-0.2, -0.15) is 0 Å². The fourth-order valence-electron chi connectivity index (χ4n) is 1.84. The minimum Gasteiger partial charge on any atom is -0.480 e. The fourth-order valence-corrected chi connectivity index (χ4v) is 1.84. The maximum Gasteiger partial charge on any atom is 0.320 e. The summed E-state index contributed by atoms with van der Waals surface area (Å²) in [5.74, 6) is 0.104. The van der Waals surface area contributed by atoms with Gasteiger partial charge in [0.25, 0.3) is 0 Å². The van der Waals surface area contributed by atoms with Crippen LogP contribution in [0, 0.1) is 5.92 Å². The molecule has 1 heterocycles. The van der Waals surface area contributed by atoms with Crippen LogP contribution in [0.5, 0.6) is 0 Å². The molecule has 0 radical (unpaired) electrons. The lowest BCUT2D eigenvalue weighted by Crippen LogP contribution is -2.36. The van der Waals surface area contributed by atoms with Crippen molar-refractivity contribution in [3.8, 4) is 0 Å². The Kier molecular flexibility index (Phi) is 1.60. The van der Waals surface area contributed by atoms with E-state index in [0.29, 0.717) is 6.04 Å². The molecule has 11 heavy (non-hydrogen) atoms. The highest BCUT2D eigenvalue weighted by atomic mass is 16.4. The average Bonchev–Trinajstić information content (AvgIpc) is 2.68. The van der Waals surface area contributed by atoms with Gasteiger partial charge >= 0.3 is 5.97 Å². The lowest BCUT2D eigenvalue weighted by atomic mass is 10.1. The van der Waals surface area contributed by atoms with Crippen molar-refractivity contribution in [3.63, 3.8) is 0 Å². The van der Waals surface area contributed by atoms with Crippen molar-refractivity contribution < 1.29 is 9.90 Å². The van der Waals surface area contributed by atoms with Crippen LogP contribution in [0.1, 0.15) is 25.7 Å². The van der Waals surface area contributed by atoms with Gasteiger partial charge in [-0.05, 0) is 31.6 Å². The molecule has 2 N–H and O–H groups in total. The highest BCUT2D eigenvalue weighted by Gasteiger charge is 2.38. The molecule has 0 bridgehead atoms. The number of rotatable bonds is 2. The van der Waals surface area contributed by atoms with Gasteiger partial charge < -0.3 is 10.4 Å². The summed E-state index contributed by atoms with van der Waals surface area (Å²) in [6.07, 6.45) is 4.46. The average molecular weight is 155 g/mol. The summed E-state index contributed by atoms with van der Waals surface area (Å²) >= 11 is 0. The van der Waals surface area contributed by atoms with E-state index >= 15 is 0 Å². The lowest BCUT2D eigenvalue weighted by molar-refractivity contribution is -0.139. The first kappa shape index (κ1) is 7.10. The Hall–Kier alpha value is -0.570. The molecule has 2 fully saturated rings. The van der Waals surface area contributed by atoms with Crippen LogP contribution in [0.2, 0.25) is 0 Å². The number of aliphatic carboxylic acids is 1. The largest absolute Gasteiger partial charge is 0.480 e. The molecule has 2 rings (SSSR count). The Bertz CT molecular complexity index is 177. The molecule has 3 nitrogen and oxygen atoms in total. The summed E-state index contributed by atoms with van der Waals surface area (Å²) in [6.45, 7) is 0. The lowest BCUT2D eigenvalue weighted by Gasteiger charge is -2.09. The summed E-state index contributed by atoms with van der Waals surface area (Å²) in [4.78, 5) is 10.5. The molecule has 2 unspecified atom stereocenters. The molecule has 0 aromatic carbocycles. The highest BCUT2D eigenvalue weighted by molar-refractivity contribution is 5.73. The quantitative estimate of drug-likeness (QED) is 0.614. The van der Waals surface area contributed by atoms with E-state index in [-0.39, 0.29) is 6.04 Å². The maximum absolute atomic E-state index is 10.5. The molecule has 3 heteroatoms. The summed E-state index contributed by atoms with van der Waals surface area (Å²) in [7, 11) is 0. The van der Waals surface area contributed by atoms with E-state index in [1.54, 1.807) is 0 Å². The number of nitrogens with one attached hydrogen (secondary N) is 1. The SMILES string of the molecule is O=C(O)C1CCC(C2CC2)N1. The zero-order valence-corrected chi connectivity index (χ0v) is 6.42. The third-order valence-electron chi connectivity index (χ3n) is 2.67. The predicted molar refractivity (Wildman–Crippen MR) is 40.3 cm³/mol. The minimum atomic E-state index is -0.687. The molecule has 2 aliphatic rings. The van der Waals surface area contributed by atoms with Gasteiger partial charge in [-0.3, -0.25) is 4.79 Å². The number of hydrogen-bond donors (Lipinski definition) is 2. The zero-order valence-electron chi connectivity index (χ0n) is 6.42. The van der Waals surface area contributed by atoms with Crippen molar-refractivity contribution in [2.24, 2.45) is 5.92 Å². The third kappa shape index (κ3) is 1.38. The van der Waals surface area contributed by atoms with Crippen molar-refractivity contribution in [2.75, 3.05) is 0 Å². The first-order valence-electron chi connectivity index (χ1n) is 4.26. The summed E-state index contributed by atoms with van der Waals surface area (Å²) in [5.41, 5.74) is 0. The van der Waals surface area contributed by atoms with Crippen molar-refractivity contribution in [3.05, 3.63) is 0 Å². The van der Waals surface area contributed by atoms with E-state index in [1.165, 1.54) is 12.8 Å². The van der Waals surface area contributed by atoms with Crippen molar-refractivity contribution in [2.45, 2.75) is 37.8 Å². The number of carboxylic acids is 1. The molecule has 0 spiro atoms. The van der Waals surface area contributed by atoms with Crippen LogP contribution in [0.4, 0.5) is 0 Å². The fraction of sp³-hybridized carbons (Fsp3) is 0.875. The van der Waals surface area contributed by atoms with E-state index in [2.05, 4.69) is 5.32 Å². The van der Waals surface area contributed by atoms with E-state index < -0.39 is 5.97 Å². The number of carbonyl (C=O) groups is 1. The van der Waals surface area contributed by atoms with Gasteiger partial charge in [0.2, 0.25) is 0 Å². The summed E-state index contributed by atoms with van der Waals surface area (Å²) in [5, 5.41) is 11.8. The van der Waals surface area contributed by atoms with Gasteiger partial charge in [0.05, 0.1) is 0 Å². The first-order valence-corrected chi connectivity index (χ1v) is 4.26. The van der Waals surface area contributed by atoms with Gasteiger partial charge in [-0.1, -0.05) is 0 Å². The van der Waals surface area contributed by atoms with Crippen LogP contribution in [-0.2, 0) is 4.79 Å². The zero-order chi connectivity index (χ0) is 7.84. The highest BCUT2D eigenvalue weighted by Crippen LogP contribution is 2.37. The van der Waals surface area contributed by atoms with Gasteiger partial charge in [-0.15, -0.1) is 0 Å². The van der Waals surface area contributed by atoms with Crippen molar-refractivity contribution in [1.82, 2.24) is 5.32 Å². The molecule has 1 aliphatic carbocycles. The Labute approximate surface area is 65.8 Å². The van der Waals surface area contributed by atoms with E-state index in [0.717, 1.165) is 18.8 Å². The van der Waals surface area contributed by atoms with Crippen molar-refractivity contribution in [1.29, 1.82) is 0 Å². The standard InChI is InChI=1S/C8H13NO2/c10-8(11)7-4-3-6(9-7)5-1-2-5/h5-7,9H,1-4H2,(H,10,11). The molecule has 62 valence electrons. The molecule has 0 aromatic rings. The van der Waals surface area contributed by atoms with E-state index in [1.807, 2.05) is 0 Å². The van der Waals surface area contributed by atoms with Gasteiger partial charge in [-0.25, -0.2) is 0 Å². The van der Waals surface area contributed by atoms with Gasteiger partial charge in [0.1, 0.15) is 6.04 Å². The Balaban J connectivity index is 1.87. The molecule has 0 aromatic heterocycles. The molecule has 1 saturated carbocycles. The third-order valence-corrected chi connectivity index (χ3v) is 2.67. The molecule has 1 saturated heterocycles. The topological polar surface area (TPSA) is 49.3 Å². The summed E-state index contributed by atoms with van der Waals surface area (Å²) < 4.78 is 0. The van der Waals surface area contributed by atoms with E-state index in [9.17, 15) is 4.79 Å². The monoisotopic (exact) mass is 155 g/mol. The molecule has 0 amide bonds. The Morgan fingerprint density at radius 2 is 2.00 bits per heavy atom. The normalized spacial score (nSPS) is 37.5. The van der Waals surface area contributed by atoms with Crippen LogP contribution in [0.3, 0.4) is 0 Å². The first-order chi connectivity index (χ1) is 5.27. The van der Waals surface area contributed by atoms with E-state index in [4.69, 9.17) is 5.11 Å². The second kappa shape index (κ2) is 2.48. The van der Waals surface area contributed by atoms with Crippen LogP contribution in [0.15, 0.2) is 0 Å². The maximum atomic E-state index is 10.5. The van der Waals surface area contributed by atoms with Crippen molar-refractivity contribution >= 4 is 5.97 Å². The minimum absolute atomic E-state index is 0.263. The van der Waals surface area contributed by atoms with Gasteiger partial charge in [0.15, 0.2) is 0 Å². The molecule has 2 atom stereocenters. The van der Waals surface area contributed by atoms with Crippen LogP contribution < -0.4 is 5.32 Å². The predicted octanol–water partition coefficient (Wildman–Crippen LogP) is 0.602. The molecular formula is C8H13NO2. The second-order valence-electron chi connectivity index (χ2n) is 3.58. The number of hydrogen-bond acceptors (Lipinski definition) is 2. The number of carboxylic acid groups (broad SMARTS) is 1. The molecular weight excluding hydrogens is 142 g/mol. The summed E-state index contributed by atoms with van der Waals surface area (Å²) in [6, 6.07) is 0.247. The molecule has 1 aliphatic heterocycles. The second-order valence-corrected chi connectivity index (χ2v) is 3.58. The van der Waals surface area contributed by atoms with Crippen LogP contribution in [0.25, 0.3) is 0 Å². The van der Waals surface area contributed by atoms with Crippen LogP contribution in [-0.4, -0.2) is 23.2 Å². The van der Waals surface area contributed by atoms with Gasteiger partial charge in [0, 0.05) is 6.04 Å². The smallest absolute Gasteiger partial charge is 0.320 e.